The summed E-state index contributed by atoms with van der Waals surface area (Å²) >= 11 is 0. The van der Waals surface area contributed by atoms with Gasteiger partial charge in [-0.1, -0.05) is 13.8 Å². The topological polar surface area (TPSA) is 48.0 Å². The SMILES string of the molecule is CC(C)c1nnc2ccc(-c3c(-c4ccc(F)c(F)c4)ncn3C)cn12. The molecule has 0 bridgehead atoms. The maximum atomic E-state index is 13.7. The second kappa shape index (κ2) is 6.01. The first-order chi connectivity index (χ1) is 12.5. The summed E-state index contributed by atoms with van der Waals surface area (Å²) in [6.07, 6.45) is 3.61. The van der Waals surface area contributed by atoms with Gasteiger partial charge in [0.25, 0.3) is 0 Å². The Labute approximate surface area is 149 Å². The van der Waals surface area contributed by atoms with Crippen molar-refractivity contribution in [2.75, 3.05) is 0 Å². The molecule has 7 heteroatoms. The van der Waals surface area contributed by atoms with E-state index >= 15 is 0 Å². The standard InChI is InChI=1S/C19H17F2N5/c1-11(2)19-24-23-16-7-5-13(9-26(16)19)18-17(22-10-25(18)3)12-4-6-14(20)15(21)8-12/h4-11H,1-3H3. The number of hydrogen-bond donors (Lipinski definition) is 0. The minimum Gasteiger partial charge on any atom is -0.333 e. The van der Waals surface area contributed by atoms with E-state index in [0.717, 1.165) is 34.9 Å². The second-order valence-electron chi connectivity index (χ2n) is 6.54. The van der Waals surface area contributed by atoms with E-state index in [-0.39, 0.29) is 5.92 Å². The van der Waals surface area contributed by atoms with Gasteiger partial charge in [-0.2, -0.15) is 0 Å². The largest absolute Gasteiger partial charge is 0.333 e. The van der Waals surface area contributed by atoms with Crippen molar-refractivity contribution >= 4 is 5.65 Å². The molecule has 3 aromatic heterocycles. The van der Waals surface area contributed by atoms with Crippen molar-refractivity contribution in [1.82, 2.24) is 24.1 Å². The van der Waals surface area contributed by atoms with Crippen LogP contribution < -0.4 is 0 Å². The van der Waals surface area contributed by atoms with Crippen LogP contribution >= 0.6 is 0 Å². The van der Waals surface area contributed by atoms with Crippen LogP contribution in [0, 0.1) is 11.6 Å². The van der Waals surface area contributed by atoms with Crippen LogP contribution in [-0.2, 0) is 7.05 Å². The summed E-state index contributed by atoms with van der Waals surface area (Å²) in [6.45, 7) is 4.11. The fraction of sp³-hybridized carbons (Fsp3) is 0.211. The van der Waals surface area contributed by atoms with Gasteiger partial charge in [0, 0.05) is 30.3 Å². The lowest BCUT2D eigenvalue weighted by molar-refractivity contribution is 0.509. The molecule has 0 saturated heterocycles. The van der Waals surface area contributed by atoms with Gasteiger partial charge >= 0.3 is 0 Å². The van der Waals surface area contributed by atoms with E-state index in [0.29, 0.717) is 11.3 Å². The molecule has 0 atom stereocenters. The Bertz CT molecular complexity index is 1110. The van der Waals surface area contributed by atoms with Crippen LogP contribution in [0.15, 0.2) is 42.9 Å². The molecule has 0 amide bonds. The molecule has 0 N–H and O–H groups in total. The van der Waals surface area contributed by atoms with Crippen molar-refractivity contribution in [2.45, 2.75) is 19.8 Å². The Balaban J connectivity index is 1.91. The van der Waals surface area contributed by atoms with E-state index in [1.807, 2.05) is 34.3 Å². The molecule has 26 heavy (non-hydrogen) atoms. The fourth-order valence-corrected chi connectivity index (χ4v) is 3.07. The van der Waals surface area contributed by atoms with Crippen molar-refractivity contribution in [2.24, 2.45) is 7.05 Å². The monoisotopic (exact) mass is 353 g/mol. The van der Waals surface area contributed by atoms with Crippen LogP contribution in [0.25, 0.3) is 28.2 Å². The summed E-state index contributed by atoms with van der Waals surface area (Å²) in [5.74, 6) is -0.690. The van der Waals surface area contributed by atoms with E-state index in [2.05, 4.69) is 29.0 Å². The van der Waals surface area contributed by atoms with E-state index < -0.39 is 11.6 Å². The molecule has 0 aliphatic carbocycles. The summed E-state index contributed by atoms with van der Waals surface area (Å²) in [5, 5.41) is 8.43. The number of pyridine rings is 1. The predicted octanol–water partition coefficient (Wildman–Crippen LogP) is 4.20. The van der Waals surface area contributed by atoms with Crippen molar-refractivity contribution in [1.29, 1.82) is 0 Å². The number of aryl methyl sites for hydroxylation is 1. The second-order valence-corrected chi connectivity index (χ2v) is 6.54. The van der Waals surface area contributed by atoms with E-state index in [9.17, 15) is 8.78 Å². The van der Waals surface area contributed by atoms with Gasteiger partial charge in [-0.15, -0.1) is 10.2 Å². The Morgan fingerprint density at radius 3 is 2.46 bits per heavy atom. The minimum absolute atomic E-state index is 0.220. The zero-order chi connectivity index (χ0) is 18.4. The molecule has 0 saturated carbocycles. The average Bonchev–Trinajstić information content (AvgIpc) is 3.20. The first-order valence-electron chi connectivity index (χ1n) is 8.27. The maximum Gasteiger partial charge on any atom is 0.160 e. The molecule has 0 fully saturated rings. The van der Waals surface area contributed by atoms with Crippen molar-refractivity contribution in [3.63, 3.8) is 0 Å². The third-order valence-corrected chi connectivity index (χ3v) is 4.35. The number of hydrogen-bond acceptors (Lipinski definition) is 3. The molecule has 0 unspecified atom stereocenters. The van der Waals surface area contributed by atoms with Gasteiger partial charge in [0.2, 0.25) is 0 Å². The Kier molecular flexibility index (Phi) is 3.79. The predicted molar refractivity (Wildman–Crippen MR) is 94.6 cm³/mol. The van der Waals surface area contributed by atoms with Gasteiger partial charge in [-0.25, -0.2) is 13.8 Å². The molecule has 0 radical (unpaired) electrons. The lowest BCUT2D eigenvalue weighted by Crippen LogP contribution is -1.99. The van der Waals surface area contributed by atoms with Gasteiger partial charge < -0.3 is 4.57 Å². The molecule has 132 valence electrons. The normalized spacial score (nSPS) is 11.6. The molecule has 0 spiro atoms. The smallest absolute Gasteiger partial charge is 0.160 e. The molecular formula is C19H17F2N5. The number of benzene rings is 1. The van der Waals surface area contributed by atoms with E-state index in [1.54, 1.807) is 6.33 Å². The number of imidazole rings is 1. The number of fused-ring (bicyclic) bond motifs is 1. The third-order valence-electron chi connectivity index (χ3n) is 4.35. The highest BCUT2D eigenvalue weighted by atomic mass is 19.2. The average molecular weight is 353 g/mol. The van der Waals surface area contributed by atoms with Crippen LogP contribution in [0.2, 0.25) is 0 Å². The quantitative estimate of drug-likeness (QED) is 0.555. The van der Waals surface area contributed by atoms with Crippen LogP contribution in [-0.4, -0.2) is 24.1 Å². The lowest BCUT2D eigenvalue weighted by Gasteiger charge is -2.09. The van der Waals surface area contributed by atoms with Gasteiger partial charge in [0.1, 0.15) is 5.82 Å². The molecule has 4 rings (SSSR count). The molecule has 3 heterocycles. The van der Waals surface area contributed by atoms with Crippen LogP contribution in [0.3, 0.4) is 0 Å². The van der Waals surface area contributed by atoms with Crippen LogP contribution in [0.5, 0.6) is 0 Å². The van der Waals surface area contributed by atoms with Gasteiger partial charge in [0.15, 0.2) is 17.3 Å². The highest BCUT2D eigenvalue weighted by Crippen LogP contribution is 2.32. The third kappa shape index (κ3) is 2.56. The van der Waals surface area contributed by atoms with Crippen molar-refractivity contribution in [3.8, 4) is 22.5 Å². The highest BCUT2D eigenvalue weighted by molar-refractivity contribution is 5.78. The molecule has 0 aliphatic heterocycles. The summed E-state index contributed by atoms with van der Waals surface area (Å²) in [5.41, 5.74) is 3.56. The van der Waals surface area contributed by atoms with E-state index in [1.165, 1.54) is 6.07 Å². The Hall–Kier alpha value is -3.09. The molecule has 1 aromatic carbocycles. The molecular weight excluding hydrogens is 336 g/mol. The number of nitrogens with zero attached hydrogens (tertiary/aromatic N) is 5. The Morgan fingerprint density at radius 1 is 0.962 bits per heavy atom. The van der Waals surface area contributed by atoms with Crippen molar-refractivity contribution < 1.29 is 8.78 Å². The van der Waals surface area contributed by atoms with Gasteiger partial charge in [-0.3, -0.25) is 4.40 Å². The Morgan fingerprint density at radius 2 is 1.73 bits per heavy atom. The number of halogens is 2. The van der Waals surface area contributed by atoms with Crippen LogP contribution in [0.1, 0.15) is 25.6 Å². The fourth-order valence-electron chi connectivity index (χ4n) is 3.07. The van der Waals surface area contributed by atoms with Crippen LogP contribution in [0.4, 0.5) is 8.78 Å². The van der Waals surface area contributed by atoms with Gasteiger partial charge in [-0.05, 0) is 30.3 Å². The van der Waals surface area contributed by atoms with E-state index in [4.69, 9.17) is 0 Å². The molecule has 0 aliphatic rings. The lowest BCUT2D eigenvalue weighted by atomic mass is 10.1. The highest BCUT2D eigenvalue weighted by Gasteiger charge is 2.17. The molecule has 4 aromatic rings. The minimum atomic E-state index is -0.893. The number of rotatable bonds is 3. The zero-order valence-corrected chi connectivity index (χ0v) is 14.6. The zero-order valence-electron chi connectivity index (χ0n) is 14.6. The molecule has 5 nitrogen and oxygen atoms in total. The van der Waals surface area contributed by atoms with Gasteiger partial charge in [0.05, 0.1) is 17.7 Å². The summed E-state index contributed by atoms with van der Waals surface area (Å²) < 4.78 is 30.8. The van der Waals surface area contributed by atoms with Crippen molar-refractivity contribution in [3.05, 3.63) is 60.3 Å². The summed E-state index contributed by atoms with van der Waals surface area (Å²) in [4.78, 5) is 4.39. The number of aromatic nitrogens is 5. The first kappa shape index (κ1) is 16.4. The first-order valence-corrected chi connectivity index (χ1v) is 8.27. The summed E-state index contributed by atoms with van der Waals surface area (Å²) in [6, 6.07) is 7.62. The maximum absolute atomic E-state index is 13.7. The summed E-state index contributed by atoms with van der Waals surface area (Å²) in [7, 11) is 1.87.